The lowest BCUT2D eigenvalue weighted by Crippen LogP contribution is -2.36. The van der Waals surface area contributed by atoms with Crippen LogP contribution in [0.2, 0.25) is 0 Å². The van der Waals surface area contributed by atoms with Crippen molar-refractivity contribution in [3.8, 4) is 17.2 Å². The minimum Gasteiger partial charge on any atom is -0.492 e. The lowest BCUT2D eigenvalue weighted by atomic mass is 10.1. The normalized spacial score (nSPS) is 13.3. The average Bonchev–Trinajstić information content (AvgIpc) is 2.90. The SMILES string of the molecule is CCOc1cc(N2CCOCC2)c(OCC)cc1NC(=O)c1ccc(COc2ccccc2)cc1. The molecule has 0 atom stereocenters. The summed E-state index contributed by atoms with van der Waals surface area (Å²) in [5.41, 5.74) is 3.05. The van der Waals surface area contributed by atoms with Gasteiger partial charge in [0.05, 0.1) is 37.8 Å². The first-order valence-electron chi connectivity index (χ1n) is 12.0. The highest BCUT2D eigenvalue weighted by Crippen LogP contribution is 2.39. The molecule has 0 saturated carbocycles. The minimum atomic E-state index is -0.219. The van der Waals surface area contributed by atoms with E-state index in [1.54, 1.807) is 12.1 Å². The molecule has 0 bridgehead atoms. The molecular weight excluding hydrogens is 444 g/mol. The molecule has 35 heavy (non-hydrogen) atoms. The summed E-state index contributed by atoms with van der Waals surface area (Å²) in [6, 6.07) is 20.8. The monoisotopic (exact) mass is 476 g/mol. The van der Waals surface area contributed by atoms with Crippen LogP contribution in [0.5, 0.6) is 17.2 Å². The van der Waals surface area contributed by atoms with Crippen molar-refractivity contribution in [3.63, 3.8) is 0 Å². The van der Waals surface area contributed by atoms with Crippen LogP contribution in [-0.4, -0.2) is 45.4 Å². The van der Waals surface area contributed by atoms with Crippen molar-refractivity contribution in [2.75, 3.05) is 49.7 Å². The Morgan fingerprint density at radius 3 is 2.26 bits per heavy atom. The van der Waals surface area contributed by atoms with Crippen LogP contribution in [0.15, 0.2) is 66.7 Å². The predicted octanol–water partition coefficient (Wildman–Crippen LogP) is 5.15. The van der Waals surface area contributed by atoms with Gasteiger partial charge in [0.15, 0.2) is 0 Å². The van der Waals surface area contributed by atoms with Gasteiger partial charge in [-0.15, -0.1) is 0 Å². The molecule has 0 unspecified atom stereocenters. The lowest BCUT2D eigenvalue weighted by molar-refractivity contribution is 0.102. The third-order valence-corrected chi connectivity index (χ3v) is 5.63. The first-order valence-corrected chi connectivity index (χ1v) is 12.0. The zero-order valence-corrected chi connectivity index (χ0v) is 20.3. The molecule has 1 saturated heterocycles. The van der Waals surface area contributed by atoms with Crippen molar-refractivity contribution in [2.45, 2.75) is 20.5 Å². The highest BCUT2D eigenvalue weighted by atomic mass is 16.5. The number of para-hydroxylation sites is 1. The highest BCUT2D eigenvalue weighted by molar-refractivity contribution is 6.05. The topological polar surface area (TPSA) is 69.3 Å². The maximum absolute atomic E-state index is 13.1. The molecule has 1 N–H and O–H groups in total. The molecular formula is C28H32N2O5. The Morgan fingerprint density at radius 1 is 0.886 bits per heavy atom. The van der Waals surface area contributed by atoms with Crippen LogP contribution in [0.4, 0.5) is 11.4 Å². The van der Waals surface area contributed by atoms with Gasteiger partial charge in [0.25, 0.3) is 5.91 Å². The third-order valence-electron chi connectivity index (χ3n) is 5.63. The van der Waals surface area contributed by atoms with Crippen LogP contribution in [0, 0.1) is 0 Å². The van der Waals surface area contributed by atoms with Gasteiger partial charge in [-0.2, -0.15) is 0 Å². The summed E-state index contributed by atoms with van der Waals surface area (Å²) in [4.78, 5) is 15.3. The number of nitrogens with zero attached hydrogens (tertiary/aromatic N) is 1. The van der Waals surface area contributed by atoms with Gasteiger partial charge in [-0.25, -0.2) is 0 Å². The molecule has 184 valence electrons. The van der Waals surface area contributed by atoms with Gasteiger partial charge in [0, 0.05) is 30.8 Å². The van der Waals surface area contributed by atoms with Crippen molar-refractivity contribution >= 4 is 17.3 Å². The van der Waals surface area contributed by atoms with E-state index in [0.717, 1.165) is 30.1 Å². The summed E-state index contributed by atoms with van der Waals surface area (Å²) in [6.45, 7) is 8.19. The van der Waals surface area contributed by atoms with Gasteiger partial charge in [-0.3, -0.25) is 4.79 Å². The Bertz CT molecular complexity index is 1100. The van der Waals surface area contributed by atoms with Gasteiger partial charge < -0.3 is 29.2 Å². The van der Waals surface area contributed by atoms with Gasteiger partial charge in [0.2, 0.25) is 0 Å². The predicted molar refractivity (Wildman–Crippen MR) is 137 cm³/mol. The van der Waals surface area contributed by atoms with E-state index in [9.17, 15) is 4.79 Å². The van der Waals surface area contributed by atoms with Crippen LogP contribution >= 0.6 is 0 Å². The largest absolute Gasteiger partial charge is 0.492 e. The second-order valence-electron chi connectivity index (χ2n) is 8.03. The molecule has 4 rings (SSSR count). The van der Waals surface area contributed by atoms with Crippen molar-refractivity contribution in [1.82, 2.24) is 0 Å². The number of benzene rings is 3. The number of carbonyl (C=O) groups excluding carboxylic acids is 1. The summed E-state index contributed by atoms with van der Waals surface area (Å²) in [5, 5.41) is 3.00. The van der Waals surface area contributed by atoms with Crippen molar-refractivity contribution in [1.29, 1.82) is 0 Å². The number of ether oxygens (including phenoxy) is 4. The Kier molecular flexibility index (Phi) is 8.46. The third kappa shape index (κ3) is 6.45. The lowest BCUT2D eigenvalue weighted by Gasteiger charge is -2.31. The number of carbonyl (C=O) groups is 1. The summed E-state index contributed by atoms with van der Waals surface area (Å²) >= 11 is 0. The zero-order valence-electron chi connectivity index (χ0n) is 20.3. The van der Waals surface area contributed by atoms with Crippen LogP contribution < -0.4 is 24.4 Å². The quantitative estimate of drug-likeness (QED) is 0.436. The average molecular weight is 477 g/mol. The van der Waals surface area contributed by atoms with E-state index in [-0.39, 0.29) is 5.91 Å². The van der Waals surface area contributed by atoms with E-state index in [1.807, 2.05) is 68.4 Å². The summed E-state index contributed by atoms with van der Waals surface area (Å²) < 4.78 is 23.1. The maximum Gasteiger partial charge on any atom is 0.255 e. The van der Waals surface area contributed by atoms with Gasteiger partial charge in [0.1, 0.15) is 23.9 Å². The second kappa shape index (κ2) is 12.1. The smallest absolute Gasteiger partial charge is 0.255 e. The van der Waals surface area contributed by atoms with Crippen molar-refractivity contribution in [2.24, 2.45) is 0 Å². The first-order chi connectivity index (χ1) is 17.2. The molecule has 0 aromatic heterocycles. The number of morpholine rings is 1. The van der Waals surface area contributed by atoms with E-state index in [4.69, 9.17) is 18.9 Å². The Hall–Kier alpha value is -3.71. The van der Waals surface area contributed by atoms with Crippen molar-refractivity contribution in [3.05, 3.63) is 77.9 Å². The molecule has 7 nitrogen and oxygen atoms in total. The molecule has 3 aromatic rings. The Balaban J connectivity index is 1.49. The molecule has 1 amide bonds. The number of anilines is 2. The molecule has 1 fully saturated rings. The first kappa shape index (κ1) is 24.4. The fraction of sp³-hybridized carbons (Fsp3) is 0.321. The zero-order chi connectivity index (χ0) is 24.5. The Morgan fingerprint density at radius 2 is 1.57 bits per heavy atom. The molecule has 0 aliphatic carbocycles. The minimum absolute atomic E-state index is 0.219. The summed E-state index contributed by atoms with van der Waals surface area (Å²) in [5.74, 6) is 1.91. The fourth-order valence-electron chi connectivity index (χ4n) is 3.87. The molecule has 0 radical (unpaired) electrons. The van der Waals surface area contributed by atoms with Gasteiger partial charge in [-0.05, 0) is 43.7 Å². The molecule has 1 aliphatic rings. The number of rotatable bonds is 10. The molecule has 0 spiro atoms. The fourth-order valence-corrected chi connectivity index (χ4v) is 3.87. The molecule has 1 heterocycles. The van der Waals surface area contributed by atoms with E-state index in [2.05, 4.69) is 10.2 Å². The van der Waals surface area contributed by atoms with E-state index in [1.165, 1.54) is 0 Å². The summed E-state index contributed by atoms with van der Waals surface area (Å²) in [6.07, 6.45) is 0. The number of hydrogen-bond acceptors (Lipinski definition) is 6. The molecule has 3 aromatic carbocycles. The van der Waals surface area contributed by atoms with E-state index < -0.39 is 0 Å². The standard InChI is InChI=1S/C28H32N2O5/c1-3-33-26-19-25(30-14-16-32-17-15-30)27(34-4-2)18-24(26)29-28(31)22-12-10-21(11-13-22)20-35-23-8-6-5-7-9-23/h5-13,18-19H,3-4,14-17,20H2,1-2H3,(H,29,31). The van der Waals surface area contributed by atoms with Crippen LogP contribution in [0.3, 0.4) is 0 Å². The van der Waals surface area contributed by atoms with Crippen LogP contribution in [0.1, 0.15) is 29.8 Å². The van der Waals surface area contributed by atoms with E-state index in [0.29, 0.717) is 55.8 Å². The maximum atomic E-state index is 13.1. The molecule has 1 aliphatic heterocycles. The van der Waals surface area contributed by atoms with Crippen LogP contribution in [0.25, 0.3) is 0 Å². The van der Waals surface area contributed by atoms with Crippen molar-refractivity contribution < 1.29 is 23.7 Å². The second-order valence-corrected chi connectivity index (χ2v) is 8.03. The highest BCUT2D eigenvalue weighted by Gasteiger charge is 2.20. The van der Waals surface area contributed by atoms with Gasteiger partial charge >= 0.3 is 0 Å². The number of nitrogens with one attached hydrogen (secondary N) is 1. The Labute approximate surface area is 206 Å². The number of amides is 1. The van der Waals surface area contributed by atoms with Gasteiger partial charge in [-0.1, -0.05) is 30.3 Å². The van der Waals surface area contributed by atoms with Crippen LogP contribution in [-0.2, 0) is 11.3 Å². The molecule has 7 heteroatoms. The summed E-state index contributed by atoms with van der Waals surface area (Å²) in [7, 11) is 0. The van der Waals surface area contributed by atoms with E-state index >= 15 is 0 Å². The number of hydrogen-bond donors (Lipinski definition) is 1.